The Bertz CT molecular complexity index is 1840. The van der Waals surface area contributed by atoms with Gasteiger partial charge in [-0.15, -0.1) is 0 Å². The van der Waals surface area contributed by atoms with Gasteiger partial charge in [-0.3, -0.25) is 19.9 Å². The number of phenolic OH excluding ortho intramolecular Hbond substituents is 1. The van der Waals surface area contributed by atoms with Crippen molar-refractivity contribution >= 4 is 33.5 Å². The number of halogens is 1. The molecule has 0 atom stereocenters. The molecule has 6 rings (SSSR count). The van der Waals surface area contributed by atoms with Crippen molar-refractivity contribution < 1.29 is 14.3 Å². The van der Waals surface area contributed by atoms with Crippen LogP contribution in [0.1, 0.15) is 20.3 Å². The molecule has 0 bridgehead atoms. The van der Waals surface area contributed by atoms with Gasteiger partial charge in [0.1, 0.15) is 22.8 Å². The number of anilines is 1. The first-order valence-electron chi connectivity index (χ1n) is 12.4. The van der Waals surface area contributed by atoms with Gasteiger partial charge in [-0.25, -0.2) is 9.37 Å². The number of hydrogen-bond acceptors (Lipinski definition) is 6. The molecule has 194 valence electrons. The summed E-state index contributed by atoms with van der Waals surface area (Å²) < 4.78 is 14.0. The summed E-state index contributed by atoms with van der Waals surface area (Å²) in [4.78, 5) is 29.0. The van der Waals surface area contributed by atoms with E-state index in [1.165, 1.54) is 12.1 Å². The van der Waals surface area contributed by atoms with Gasteiger partial charge in [-0.1, -0.05) is 13.8 Å². The SMILES string of the molecule is CC(C)CC(=O)Nc1cncc(-c2ccc3[nH]nc(-c4cc5c(-c6cc(O)cc(F)c6)cncc5[nH]4)c3n2)c1. The summed E-state index contributed by atoms with van der Waals surface area (Å²) in [7, 11) is 0. The molecule has 10 heteroatoms. The van der Waals surface area contributed by atoms with E-state index in [9.17, 15) is 14.3 Å². The van der Waals surface area contributed by atoms with Gasteiger partial charge in [-0.2, -0.15) is 5.10 Å². The van der Waals surface area contributed by atoms with Crippen molar-refractivity contribution in [1.29, 1.82) is 0 Å². The summed E-state index contributed by atoms with van der Waals surface area (Å²) in [5, 5.41) is 21.1. The molecule has 0 fully saturated rings. The van der Waals surface area contributed by atoms with Crippen LogP contribution in [0.25, 0.3) is 55.7 Å². The lowest BCUT2D eigenvalue weighted by Gasteiger charge is -2.08. The second kappa shape index (κ2) is 9.64. The fourth-order valence-corrected chi connectivity index (χ4v) is 4.62. The summed E-state index contributed by atoms with van der Waals surface area (Å²) >= 11 is 0. The van der Waals surface area contributed by atoms with Crippen LogP contribution in [0.5, 0.6) is 5.75 Å². The van der Waals surface area contributed by atoms with Crippen LogP contribution in [0.15, 0.2) is 67.3 Å². The first-order chi connectivity index (χ1) is 18.8. The van der Waals surface area contributed by atoms with Crippen LogP contribution in [-0.4, -0.2) is 41.1 Å². The highest BCUT2D eigenvalue weighted by Gasteiger charge is 2.17. The van der Waals surface area contributed by atoms with E-state index < -0.39 is 5.82 Å². The number of benzene rings is 1. The van der Waals surface area contributed by atoms with Gasteiger partial charge in [0.15, 0.2) is 0 Å². The molecule has 0 spiro atoms. The van der Waals surface area contributed by atoms with Crippen LogP contribution in [0.3, 0.4) is 0 Å². The van der Waals surface area contributed by atoms with E-state index in [4.69, 9.17) is 4.98 Å². The number of carbonyl (C=O) groups is 1. The van der Waals surface area contributed by atoms with E-state index in [0.29, 0.717) is 45.8 Å². The normalized spacial score (nSPS) is 11.5. The van der Waals surface area contributed by atoms with Crippen LogP contribution >= 0.6 is 0 Å². The van der Waals surface area contributed by atoms with E-state index in [1.54, 1.807) is 24.8 Å². The largest absolute Gasteiger partial charge is 0.508 e. The van der Waals surface area contributed by atoms with Crippen molar-refractivity contribution in [3.63, 3.8) is 0 Å². The number of fused-ring (bicyclic) bond motifs is 2. The van der Waals surface area contributed by atoms with E-state index >= 15 is 0 Å². The number of H-pyrrole nitrogens is 2. The number of aromatic nitrogens is 6. The quantitative estimate of drug-likeness (QED) is 0.211. The smallest absolute Gasteiger partial charge is 0.224 e. The van der Waals surface area contributed by atoms with E-state index in [-0.39, 0.29) is 17.6 Å². The molecule has 0 radical (unpaired) electrons. The maximum atomic E-state index is 14.0. The second-order valence-electron chi connectivity index (χ2n) is 9.80. The minimum absolute atomic E-state index is 0.0643. The van der Waals surface area contributed by atoms with E-state index in [0.717, 1.165) is 28.0 Å². The van der Waals surface area contributed by atoms with Crippen molar-refractivity contribution in [2.24, 2.45) is 5.92 Å². The van der Waals surface area contributed by atoms with Gasteiger partial charge in [0, 0.05) is 41.4 Å². The molecule has 0 unspecified atom stereocenters. The van der Waals surface area contributed by atoms with Gasteiger partial charge >= 0.3 is 0 Å². The van der Waals surface area contributed by atoms with Gasteiger partial charge in [0.05, 0.1) is 40.5 Å². The topological polar surface area (TPSA) is 132 Å². The third kappa shape index (κ3) is 4.79. The number of hydrogen-bond donors (Lipinski definition) is 4. The zero-order valence-corrected chi connectivity index (χ0v) is 21.2. The first-order valence-corrected chi connectivity index (χ1v) is 12.4. The summed E-state index contributed by atoms with van der Waals surface area (Å²) in [6.07, 6.45) is 7.04. The fraction of sp³-hybridized carbons (Fsp3) is 0.138. The molecule has 0 saturated carbocycles. The number of nitrogens with one attached hydrogen (secondary N) is 3. The lowest BCUT2D eigenvalue weighted by atomic mass is 10.0. The molecule has 0 aliphatic rings. The predicted octanol–water partition coefficient (Wildman–Crippen LogP) is 6.06. The third-order valence-electron chi connectivity index (χ3n) is 6.31. The monoisotopic (exact) mass is 521 g/mol. The molecule has 0 aliphatic heterocycles. The van der Waals surface area contributed by atoms with Crippen LogP contribution in [-0.2, 0) is 4.79 Å². The van der Waals surface area contributed by atoms with Crippen molar-refractivity contribution in [2.75, 3.05) is 5.32 Å². The molecule has 4 N–H and O–H groups in total. The van der Waals surface area contributed by atoms with Crippen LogP contribution in [0.2, 0.25) is 0 Å². The Morgan fingerprint density at radius 3 is 2.67 bits per heavy atom. The summed E-state index contributed by atoms with van der Waals surface area (Å²) in [5.41, 5.74) is 6.62. The summed E-state index contributed by atoms with van der Waals surface area (Å²) in [6.45, 7) is 3.99. The predicted molar refractivity (Wildman–Crippen MR) is 147 cm³/mol. The zero-order valence-electron chi connectivity index (χ0n) is 21.2. The van der Waals surface area contributed by atoms with Crippen molar-refractivity contribution in [3.05, 3.63) is 73.1 Å². The average molecular weight is 522 g/mol. The standard InChI is InChI=1S/C29H24FN7O2/c1-15(2)5-27(39)33-19-7-17(11-31-12-19)23-3-4-24-28(35-23)29(37-36-24)25-10-21-22(13-32-14-26(21)34-25)16-6-18(30)9-20(38)8-16/h3-4,6-15,34,38H,5H2,1-2H3,(H,33,39)(H,36,37). The van der Waals surface area contributed by atoms with Gasteiger partial charge in [-0.05, 0) is 47.9 Å². The molecule has 5 aromatic heterocycles. The second-order valence-corrected chi connectivity index (χ2v) is 9.80. The summed E-state index contributed by atoms with van der Waals surface area (Å²) in [6, 6.07) is 11.4. The number of nitrogens with zero attached hydrogens (tertiary/aromatic N) is 4. The number of amides is 1. The minimum Gasteiger partial charge on any atom is -0.508 e. The Balaban J connectivity index is 1.39. The van der Waals surface area contributed by atoms with Crippen LogP contribution in [0, 0.1) is 11.7 Å². The molecule has 6 aromatic rings. The number of aromatic hydroxyl groups is 1. The Labute approximate surface area is 222 Å². The van der Waals surface area contributed by atoms with Gasteiger partial charge in [0.25, 0.3) is 0 Å². The van der Waals surface area contributed by atoms with Crippen LogP contribution < -0.4 is 5.32 Å². The summed E-state index contributed by atoms with van der Waals surface area (Å²) in [5.74, 6) is -0.510. The van der Waals surface area contributed by atoms with Gasteiger partial charge < -0.3 is 15.4 Å². The molecular formula is C29H24FN7O2. The number of rotatable bonds is 6. The molecule has 9 nitrogen and oxygen atoms in total. The average Bonchev–Trinajstić information content (AvgIpc) is 3.51. The lowest BCUT2D eigenvalue weighted by Crippen LogP contribution is -2.13. The highest BCUT2D eigenvalue weighted by Crippen LogP contribution is 2.35. The molecular weight excluding hydrogens is 497 g/mol. The first kappa shape index (κ1) is 24.2. The van der Waals surface area contributed by atoms with Gasteiger partial charge in [0.2, 0.25) is 5.91 Å². The number of aromatic amines is 2. The van der Waals surface area contributed by atoms with Crippen molar-refractivity contribution in [2.45, 2.75) is 20.3 Å². The Morgan fingerprint density at radius 1 is 1.00 bits per heavy atom. The molecule has 1 aromatic carbocycles. The third-order valence-corrected chi connectivity index (χ3v) is 6.31. The molecule has 5 heterocycles. The highest BCUT2D eigenvalue weighted by atomic mass is 19.1. The molecule has 1 amide bonds. The number of carbonyl (C=O) groups excluding carboxylic acids is 1. The van der Waals surface area contributed by atoms with Crippen molar-refractivity contribution in [1.82, 2.24) is 30.1 Å². The minimum atomic E-state index is -0.536. The molecule has 0 aliphatic carbocycles. The Hall–Kier alpha value is -5.12. The van der Waals surface area contributed by atoms with E-state index in [2.05, 4.69) is 30.5 Å². The zero-order chi connectivity index (χ0) is 27.1. The van der Waals surface area contributed by atoms with E-state index in [1.807, 2.05) is 38.1 Å². The number of pyridine rings is 3. The fourth-order valence-electron chi connectivity index (χ4n) is 4.62. The highest BCUT2D eigenvalue weighted by molar-refractivity contribution is 6.00. The van der Waals surface area contributed by atoms with Crippen molar-refractivity contribution in [3.8, 4) is 39.5 Å². The Kier molecular flexibility index (Phi) is 5.99. The maximum absolute atomic E-state index is 14.0. The Morgan fingerprint density at radius 2 is 1.85 bits per heavy atom. The van der Waals surface area contributed by atoms with Crippen LogP contribution in [0.4, 0.5) is 10.1 Å². The maximum Gasteiger partial charge on any atom is 0.224 e. The molecule has 39 heavy (non-hydrogen) atoms. The molecule has 0 saturated heterocycles. The lowest BCUT2D eigenvalue weighted by molar-refractivity contribution is -0.116. The number of phenols is 1.